The van der Waals surface area contributed by atoms with E-state index in [2.05, 4.69) is 5.32 Å². The number of hydrogen-bond acceptors (Lipinski definition) is 5. The van der Waals surface area contributed by atoms with E-state index in [0.29, 0.717) is 29.4 Å². The molecule has 2 heterocycles. The predicted octanol–water partition coefficient (Wildman–Crippen LogP) is 3.40. The third-order valence-electron chi connectivity index (χ3n) is 8.15. The maximum atomic E-state index is 14.4. The van der Waals surface area contributed by atoms with Crippen molar-refractivity contribution in [1.29, 1.82) is 0 Å². The lowest BCUT2D eigenvalue weighted by Crippen LogP contribution is -2.48. The van der Waals surface area contributed by atoms with Crippen molar-refractivity contribution in [3.05, 3.63) is 64.6 Å². The van der Waals surface area contributed by atoms with Crippen molar-refractivity contribution in [2.75, 3.05) is 27.3 Å². The highest BCUT2D eigenvalue weighted by Gasteiger charge is 2.67. The third kappa shape index (κ3) is 5.58. The first-order chi connectivity index (χ1) is 19.2. The van der Waals surface area contributed by atoms with Crippen molar-refractivity contribution in [2.45, 2.75) is 44.9 Å². The number of likely N-dealkylation sites (tertiary alicyclic amines) is 1. The Hall–Kier alpha value is -3.04. The van der Waals surface area contributed by atoms with Crippen molar-refractivity contribution < 1.29 is 28.2 Å². The molecule has 2 aliphatic rings. The molecule has 1 aliphatic heterocycles. The van der Waals surface area contributed by atoms with Crippen LogP contribution in [-0.2, 0) is 27.2 Å². The van der Waals surface area contributed by atoms with Crippen LogP contribution in [-0.4, -0.2) is 76.2 Å². The minimum atomic E-state index is -3.59. The van der Waals surface area contributed by atoms with Crippen molar-refractivity contribution in [2.24, 2.45) is 5.41 Å². The fraction of sp³-hybridized carbons (Fsp3) is 0.414. The van der Waals surface area contributed by atoms with Crippen LogP contribution in [0.25, 0.3) is 10.9 Å². The highest BCUT2D eigenvalue weighted by atomic mass is 35.5. The zero-order valence-corrected chi connectivity index (χ0v) is 25.0. The van der Waals surface area contributed by atoms with E-state index in [1.54, 1.807) is 33.9 Å². The highest BCUT2D eigenvalue weighted by molar-refractivity contribution is 7.65. The van der Waals surface area contributed by atoms with Gasteiger partial charge in [-0.15, -0.1) is 0 Å². The van der Waals surface area contributed by atoms with Crippen LogP contribution < -0.4 is 10.6 Å². The molecule has 1 saturated carbocycles. The van der Waals surface area contributed by atoms with Crippen LogP contribution in [0.2, 0.25) is 5.02 Å². The molecule has 218 valence electrons. The van der Waals surface area contributed by atoms with Gasteiger partial charge in [-0.25, -0.2) is 4.39 Å². The Morgan fingerprint density at radius 3 is 2.61 bits per heavy atom. The van der Waals surface area contributed by atoms with Gasteiger partial charge in [-0.2, -0.15) is 0 Å². The maximum absolute atomic E-state index is 14.4. The number of piperidine rings is 1. The van der Waals surface area contributed by atoms with Crippen LogP contribution in [0, 0.1) is 11.2 Å². The van der Waals surface area contributed by atoms with E-state index in [1.165, 1.54) is 31.8 Å². The second kappa shape index (κ2) is 10.7. The molecule has 2 aromatic carbocycles. The fourth-order valence-corrected chi connectivity index (χ4v) is 7.14. The van der Waals surface area contributed by atoms with E-state index >= 15 is 0 Å². The predicted molar refractivity (Wildman–Crippen MR) is 155 cm³/mol. The maximum Gasteiger partial charge on any atom is 0.243 e. The van der Waals surface area contributed by atoms with Gasteiger partial charge < -0.3 is 24.6 Å². The molecule has 0 radical (unpaired) electrons. The van der Waals surface area contributed by atoms with E-state index in [4.69, 9.17) is 11.6 Å². The third-order valence-corrected chi connectivity index (χ3v) is 9.68. The second-order valence-corrected chi connectivity index (χ2v) is 14.3. The largest absolute Gasteiger partial charge is 0.350 e. The topological polar surface area (TPSA) is 112 Å². The smallest absolute Gasteiger partial charge is 0.243 e. The molecule has 4 atom stereocenters. The molecule has 3 aromatic rings. The molecule has 1 unspecified atom stereocenters. The summed E-state index contributed by atoms with van der Waals surface area (Å²) in [6.07, 6.45) is 2.83. The van der Waals surface area contributed by atoms with Gasteiger partial charge in [0.2, 0.25) is 19.2 Å². The van der Waals surface area contributed by atoms with Gasteiger partial charge in [0.15, 0.2) is 5.78 Å². The van der Waals surface area contributed by atoms with Gasteiger partial charge in [-0.1, -0.05) is 29.8 Å². The summed E-state index contributed by atoms with van der Waals surface area (Å²) >= 11 is 5.89. The standard InChI is InChI=1S/C29H33ClFN4O5P/c1-17(36)21-14-34(23-10-19(41(4,39)40)8-9-20(21)23)15-26(37)35-24(11-29(12-25(29)35)16-33(2)3)28(38)32-13-18-6-5-7-22(30)27(18)31/h5-10,14,24-25H,11-13,15-16H2,1-4H3,(H,32,38)(H,39,40)/t24-,25-,29+/m0/s1. The molecule has 2 amide bonds. The van der Waals surface area contributed by atoms with Crippen molar-refractivity contribution in [3.8, 4) is 0 Å². The van der Waals surface area contributed by atoms with Crippen molar-refractivity contribution in [1.82, 2.24) is 19.7 Å². The molecule has 1 aromatic heterocycles. The van der Waals surface area contributed by atoms with E-state index in [1.807, 2.05) is 19.0 Å². The SMILES string of the molecule is CC(=O)c1cn(CC(=O)N2[C@H]3C[C@@]3(CN(C)C)C[C@H]2C(=O)NCc2cccc(Cl)c2F)c2cc(P(C)(=O)O)ccc12. The lowest BCUT2D eigenvalue weighted by molar-refractivity contribution is -0.140. The number of nitrogens with one attached hydrogen (secondary N) is 1. The van der Waals surface area contributed by atoms with Gasteiger partial charge in [-0.3, -0.25) is 18.9 Å². The summed E-state index contributed by atoms with van der Waals surface area (Å²) in [7, 11) is 0.314. The number of halogens is 2. The monoisotopic (exact) mass is 602 g/mol. The molecule has 12 heteroatoms. The number of Topliss-reactive ketones (excluding diaryl/α,β-unsaturated/α-hetero) is 1. The Morgan fingerprint density at radius 2 is 1.95 bits per heavy atom. The number of ketones is 1. The quantitative estimate of drug-likeness (QED) is 0.287. The van der Waals surface area contributed by atoms with Gasteiger partial charge in [0.05, 0.1) is 10.5 Å². The molecule has 1 saturated heterocycles. The van der Waals surface area contributed by atoms with E-state index in [0.717, 1.165) is 6.42 Å². The summed E-state index contributed by atoms with van der Waals surface area (Å²) in [5.74, 6) is -1.47. The molecular weight excluding hydrogens is 570 g/mol. The fourth-order valence-electron chi connectivity index (χ4n) is 6.23. The lowest BCUT2D eigenvalue weighted by Gasteiger charge is -2.27. The van der Waals surface area contributed by atoms with E-state index in [9.17, 15) is 28.2 Å². The number of fused-ring (bicyclic) bond motifs is 2. The summed E-state index contributed by atoms with van der Waals surface area (Å²) in [6, 6.07) is 8.39. The number of carbonyl (C=O) groups excluding carboxylic acids is 3. The number of nitrogens with zero attached hydrogens (tertiary/aromatic N) is 3. The van der Waals surface area contributed by atoms with Gasteiger partial charge in [0, 0.05) is 59.2 Å². The van der Waals surface area contributed by atoms with Crippen LogP contribution in [0.5, 0.6) is 0 Å². The zero-order valence-electron chi connectivity index (χ0n) is 23.4. The van der Waals surface area contributed by atoms with Gasteiger partial charge >= 0.3 is 0 Å². The second-order valence-electron chi connectivity index (χ2n) is 11.6. The molecule has 0 spiro atoms. The minimum Gasteiger partial charge on any atom is -0.350 e. The van der Waals surface area contributed by atoms with Crippen LogP contribution in [0.3, 0.4) is 0 Å². The van der Waals surface area contributed by atoms with E-state index < -0.39 is 19.2 Å². The molecule has 1 aliphatic carbocycles. The Bertz CT molecular complexity index is 1620. The van der Waals surface area contributed by atoms with E-state index in [-0.39, 0.29) is 58.0 Å². The molecule has 0 bridgehead atoms. The molecular formula is C29H33ClFN4O5P. The number of hydrogen-bond donors (Lipinski definition) is 2. The number of aromatic nitrogens is 1. The number of rotatable bonds is 9. The Morgan fingerprint density at radius 1 is 1.22 bits per heavy atom. The van der Waals surface area contributed by atoms with Gasteiger partial charge in [-0.05, 0) is 52.1 Å². The molecule has 2 fully saturated rings. The van der Waals surface area contributed by atoms with Crippen LogP contribution in [0.15, 0.2) is 42.6 Å². The first kappa shape index (κ1) is 29.5. The first-order valence-corrected chi connectivity index (χ1v) is 15.8. The van der Waals surface area contributed by atoms with Gasteiger partial charge in [0.1, 0.15) is 18.4 Å². The van der Waals surface area contributed by atoms with Crippen LogP contribution in [0.4, 0.5) is 4.39 Å². The van der Waals surface area contributed by atoms with Crippen molar-refractivity contribution in [3.63, 3.8) is 0 Å². The van der Waals surface area contributed by atoms with Crippen LogP contribution in [0.1, 0.15) is 35.7 Å². The normalized spacial score (nSPS) is 23.0. The summed E-state index contributed by atoms with van der Waals surface area (Å²) in [5, 5.41) is 3.55. The molecule has 2 N–H and O–H groups in total. The first-order valence-electron chi connectivity index (χ1n) is 13.3. The van der Waals surface area contributed by atoms with Crippen LogP contribution >= 0.6 is 19.0 Å². The summed E-state index contributed by atoms with van der Waals surface area (Å²) in [5.41, 5.74) is 0.920. The minimum absolute atomic E-state index is 0.0340. The molecule has 5 rings (SSSR count). The molecule has 41 heavy (non-hydrogen) atoms. The Labute approximate surface area is 242 Å². The number of carbonyl (C=O) groups is 3. The average molecular weight is 603 g/mol. The Kier molecular flexibility index (Phi) is 7.66. The highest BCUT2D eigenvalue weighted by Crippen LogP contribution is 2.59. The Balaban J connectivity index is 1.44. The zero-order chi connectivity index (χ0) is 29.9. The summed E-state index contributed by atoms with van der Waals surface area (Å²) in [4.78, 5) is 53.6. The average Bonchev–Trinajstić information content (AvgIpc) is 3.28. The number of benzene rings is 2. The molecule has 9 nitrogen and oxygen atoms in total. The number of amides is 2. The summed E-state index contributed by atoms with van der Waals surface area (Å²) in [6.45, 7) is 3.14. The lowest BCUT2D eigenvalue weighted by atomic mass is 9.98. The van der Waals surface area contributed by atoms with Gasteiger partial charge in [0.25, 0.3) is 0 Å². The van der Waals surface area contributed by atoms with Crippen molar-refractivity contribution >= 4 is 52.8 Å². The summed E-state index contributed by atoms with van der Waals surface area (Å²) < 4.78 is 28.4.